The van der Waals surface area contributed by atoms with Crippen molar-refractivity contribution in [3.8, 4) is 5.75 Å². The summed E-state index contributed by atoms with van der Waals surface area (Å²) in [5.74, 6) is -0.454. The Balaban J connectivity index is 1.74. The number of para-hydroxylation sites is 1. The summed E-state index contributed by atoms with van der Waals surface area (Å²) in [6, 6.07) is 14.9. The summed E-state index contributed by atoms with van der Waals surface area (Å²) in [7, 11) is -3.16. The molecule has 0 aromatic heterocycles. The van der Waals surface area contributed by atoms with Crippen LogP contribution in [0.4, 0.5) is 5.69 Å². The third-order valence-corrected chi connectivity index (χ3v) is 6.33. The van der Waals surface area contributed by atoms with Crippen molar-refractivity contribution in [2.45, 2.75) is 19.4 Å². The van der Waals surface area contributed by atoms with E-state index in [1.54, 1.807) is 49.4 Å². The van der Waals surface area contributed by atoms with Crippen LogP contribution >= 0.6 is 0 Å². The molecule has 154 valence electrons. The Morgan fingerprint density at radius 2 is 1.86 bits per heavy atom. The molecular weight excluding hydrogens is 394 g/mol. The molecule has 0 radical (unpaired) electrons. The average Bonchev–Trinajstić information content (AvgIpc) is 3.07. The van der Waals surface area contributed by atoms with Crippen LogP contribution < -0.4 is 9.64 Å². The molecule has 1 heterocycles. The van der Waals surface area contributed by atoms with E-state index in [2.05, 4.69) is 0 Å². The first-order valence-electron chi connectivity index (χ1n) is 9.37. The standard InChI is InChI=1S/C21H23NO6S/c1-2-27-21(24)16-7-6-10-19(13-16)28-14-20(23)22(17-8-4-3-5-9-17)18-11-12-29(25,26)15-18/h3-10,13,18H,2,11-12,14-15H2,1H3/t18-/m1/s1. The molecule has 0 bridgehead atoms. The molecule has 8 heteroatoms. The first kappa shape index (κ1) is 20.9. The van der Waals surface area contributed by atoms with E-state index in [0.717, 1.165) is 0 Å². The molecule has 1 atom stereocenters. The summed E-state index contributed by atoms with van der Waals surface area (Å²) < 4.78 is 34.4. The summed E-state index contributed by atoms with van der Waals surface area (Å²) in [5.41, 5.74) is 0.960. The SMILES string of the molecule is CCOC(=O)c1cccc(OCC(=O)N(c2ccccc2)[C@@H]2CCS(=O)(=O)C2)c1. The predicted octanol–water partition coefficient (Wildman–Crippen LogP) is 2.46. The Morgan fingerprint density at radius 3 is 2.52 bits per heavy atom. The number of anilines is 1. The van der Waals surface area contributed by atoms with Crippen LogP contribution in [0.5, 0.6) is 5.75 Å². The molecule has 1 aliphatic rings. The van der Waals surface area contributed by atoms with Gasteiger partial charge < -0.3 is 14.4 Å². The van der Waals surface area contributed by atoms with Crippen molar-refractivity contribution >= 4 is 27.4 Å². The maximum atomic E-state index is 13.0. The maximum absolute atomic E-state index is 13.0. The van der Waals surface area contributed by atoms with E-state index >= 15 is 0 Å². The zero-order valence-corrected chi connectivity index (χ0v) is 16.9. The minimum atomic E-state index is -3.16. The van der Waals surface area contributed by atoms with E-state index in [0.29, 0.717) is 23.4 Å². The van der Waals surface area contributed by atoms with Crippen LogP contribution in [0.3, 0.4) is 0 Å². The molecule has 29 heavy (non-hydrogen) atoms. The predicted molar refractivity (Wildman–Crippen MR) is 109 cm³/mol. The zero-order valence-electron chi connectivity index (χ0n) is 16.1. The van der Waals surface area contributed by atoms with Crippen molar-refractivity contribution in [2.24, 2.45) is 0 Å². The van der Waals surface area contributed by atoms with Gasteiger partial charge in [0.05, 0.1) is 29.7 Å². The Kier molecular flexibility index (Phi) is 6.53. The van der Waals surface area contributed by atoms with Crippen molar-refractivity contribution < 1.29 is 27.5 Å². The monoisotopic (exact) mass is 417 g/mol. The van der Waals surface area contributed by atoms with Crippen LogP contribution in [0.1, 0.15) is 23.7 Å². The number of amides is 1. The number of esters is 1. The highest BCUT2D eigenvalue weighted by molar-refractivity contribution is 7.91. The first-order chi connectivity index (χ1) is 13.9. The van der Waals surface area contributed by atoms with Gasteiger partial charge in [0, 0.05) is 5.69 Å². The van der Waals surface area contributed by atoms with Crippen LogP contribution in [0.2, 0.25) is 0 Å². The van der Waals surface area contributed by atoms with Gasteiger partial charge in [0.25, 0.3) is 5.91 Å². The molecule has 3 rings (SSSR count). The number of carbonyl (C=O) groups is 2. The quantitative estimate of drug-likeness (QED) is 0.643. The highest BCUT2D eigenvalue weighted by Gasteiger charge is 2.35. The Bertz CT molecular complexity index is 974. The second-order valence-electron chi connectivity index (χ2n) is 6.69. The maximum Gasteiger partial charge on any atom is 0.338 e. The van der Waals surface area contributed by atoms with Crippen molar-refractivity contribution in [3.63, 3.8) is 0 Å². The van der Waals surface area contributed by atoms with Crippen LogP contribution in [0, 0.1) is 0 Å². The third-order valence-electron chi connectivity index (χ3n) is 4.58. The largest absolute Gasteiger partial charge is 0.484 e. The van der Waals surface area contributed by atoms with Gasteiger partial charge in [-0.15, -0.1) is 0 Å². The van der Waals surface area contributed by atoms with Gasteiger partial charge in [-0.25, -0.2) is 13.2 Å². The van der Waals surface area contributed by atoms with E-state index in [4.69, 9.17) is 9.47 Å². The summed E-state index contributed by atoms with van der Waals surface area (Å²) in [6.07, 6.45) is 0.390. The molecule has 0 aliphatic carbocycles. The fourth-order valence-electron chi connectivity index (χ4n) is 3.27. The molecule has 1 fully saturated rings. The Labute approximate surface area is 170 Å². The van der Waals surface area contributed by atoms with E-state index in [1.165, 1.54) is 11.0 Å². The lowest BCUT2D eigenvalue weighted by atomic mass is 10.2. The molecule has 1 aliphatic heterocycles. The fourth-order valence-corrected chi connectivity index (χ4v) is 4.97. The summed E-state index contributed by atoms with van der Waals surface area (Å²) in [4.78, 5) is 26.3. The van der Waals surface area contributed by atoms with Gasteiger partial charge in [-0.1, -0.05) is 24.3 Å². The molecule has 7 nitrogen and oxygen atoms in total. The topological polar surface area (TPSA) is 90.0 Å². The number of ether oxygens (including phenoxy) is 2. The summed E-state index contributed by atoms with van der Waals surface area (Å²) in [6.45, 7) is 1.70. The van der Waals surface area contributed by atoms with Gasteiger partial charge in [0.1, 0.15) is 5.75 Å². The van der Waals surface area contributed by atoms with E-state index < -0.39 is 21.8 Å². The van der Waals surface area contributed by atoms with Crippen LogP contribution in [0.15, 0.2) is 54.6 Å². The molecular formula is C21H23NO6S. The molecule has 0 saturated carbocycles. The lowest BCUT2D eigenvalue weighted by Gasteiger charge is -2.28. The van der Waals surface area contributed by atoms with Gasteiger partial charge in [-0.3, -0.25) is 4.79 Å². The van der Waals surface area contributed by atoms with Crippen molar-refractivity contribution in [3.05, 3.63) is 60.2 Å². The van der Waals surface area contributed by atoms with Gasteiger partial charge in [-0.2, -0.15) is 0 Å². The number of rotatable bonds is 7. The lowest BCUT2D eigenvalue weighted by molar-refractivity contribution is -0.121. The summed E-state index contributed by atoms with van der Waals surface area (Å²) in [5, 5.41) is 0. The van der Waals surface area contributed by atoms with Crippen LogP contribution in [0.25, 0.3) is 0 Å². The Morgan fingerprint density at radius 1 is 1.10 bits per heavy atom. The van der Waals surface area contributed by atoms with Gasteiger partial charge in [0.2, 0.25) is 0 Å². The van der Waals surface area contributed by atoms with Gasteiger partial charge in [0.15, 0.2) is 16.4 Å². The normalized spacial score (nSPS) is 17.5. The van der Waals surface area contributed by atoms with Crippen LogP contribution in [-0.2, 0) is 19.4 Å². The number of nitrogens with zero attached hydrogens (tertiary/aromatic N) is 1. The van der Waals surface area contributed by atoms with Crippen LogP contribution in [-0.4, -0.2) is 51.1 Å². The van der Waals surface area contributed by atoms with Gasteiger partial charge >= 0.3 is 5.97 Å². The van der Waals surface area contributed by atoms with Crippen molar-refractivity contribution in [2.75, 3.05) is 29.6 Å². The first-order valence-corrected chi connectivity index (χ1v) is 11.2. The highest BCUT2D eigenvalue weighted by atomic mass is 32.2. The molecule has 0 spiro atoms. The average molecular weight is 417 g/mol. The van der Waals surface area contributed by atoms with E-state index in [9.17, 15) is 18.0 Å². The van der Waals surface area contributed by atoms with Crippen molar-refractivity contribution in [1.29, 1.82) is 0 Å². The minimum Gasteiger partial charge on any atom is -0.484 e. The minimum absolute atomic E-state index is 0.0635. The molecule has 0 unspecified atom stereocenters. The molecule has 1 saturated heterocycles. The summed E-state index contributed by atoms with van der Waals surface area (Å²) >= 11 is 0. The van der Waals surface area contributed by atoms with Gasteiger partial charge in [-0.05, 0) is 43.7 Å². The number of carbonyl (C=O) groups excluding carboxylic acids is 2. The number of sulfone groups is 1. The van der Waals surface area contributed by atoms with Crippen molar-refractivity contribution in [1.82, 2.24) is 0 Å². The Hall–Kier alpha value is -2.87. The molecule has 0 N–H and O–H groups in total. The second kappa shape index (κ2) is 9.09. The molecule has 1 amide bonds. The van der Waals surface area contributed by atoms with E-state index in [-0.39, 0.29) is 30.6 Å². The zero-order chi connectivity index (χ0) is 20.9. The third kappa shape index (κ3) is 5.35. The highest BCUT2D eigenvalue weighted by Crippen LogP contribution is 2.25. The van der Waals surface area contributed by atoms with E-state index in [1.807, 2.05) is 6.07 Å². The molecule has 2 aromatic rings. The fraction of sp³-hybridized carbons (Fsp3) is 0.333. The number of benzene rings is 2. The number of hydrogen-bond acceptors (Lipinski definition) is 6. The molecule has 2 aromatic carbocycles. The number of hydrogen-bond donors (Lipinski definition) is 0. The second-order valence-corrected chi connectivity index (χ2v) is 8.92. The smallest absolute Gasteiger partial charge is 0.338 e. The lowest BCUT2D eigenvalue weighted by Crippen LogP contribution is -2.43.